The van der Waals surface area contributed by atoms with Crippen molar-refractivity contribution in [1.82, 2.24) is 19.7 Å². The first-order valence-electron chi connectivity index (χ1n) is 10.5. The quantitative estimate of drug-likeness (QED) is 0.510. The molecule has 32 heavy (non-hydrogen) atoms. The van der Waals surface area contributed by atoms with Gasteiger partial charge in [-0.15, -0.1) is 11.3 Å². The van der Waals surface area contributed by atoms with Crippen LogP contribution >= 0.6 is 22.9 Å². The fourth-order valence-corrected chi connectivity index (χ4v) is 4.45. The molecule has 1 amide bonds. The molecule has 4 rings (SSSR count). The van der Waals surface area contributed by atoms with E-state index < -0.39 is 0 Å². The van der Waals surface area contributed by atoms with Gasteiger partial charge in [0, 0.05) is 62.4 Å². The number of nitrogens with zero attached hydrogens (tertiary/aromatic N) is 4. The van der Waals surface area contributed by atoms with E-state index in [1.165, 1.54) is 0 Å². The number of morpholine rings is 1. The summed E-state index contributed by atoms with van der Waals surface area (Å²) in [6.45, 7) is 4.70. The van der Waals surface area contributed by atoms with E-state index in [1.54, 1.807) is 28.4 Å². The average molecular weight is 476 g/mol. The third-order valence-corrected chi connectivity index (χ3v) is 6.35. The number of carbonyl (C=O) groups excluding carboxylic acids is 1. The van der Waals surface area contributed by atoms with E-state index in [0.29, 0.717) is 35.9 Å². The molecule has 1 fully saturated rings. The van der Waals surface area contributed by atoms with Gasteiger partial charge in [0.05, 0.1) is 35.1 Å². The van der Waals surface area contributed by atoms with Crippen LogP contribution in [0.25, 0.3) is 11.3 Å². The summed E-state index contributed by atoms with van der Waals surface area (Å²) < 4.78 is 13.2. The Labute approximate surface area is 196 Å². The van der Waals surface area contributed by atoms with E-state index in [-0.39, 0.29) is 5.91 Å². The highest BCUT2D eigenvalue weighted by atomic mass is 35.5. The summed E-state index contributed by atoms with van der Waals surface area (Å²) in [7, 11) is 1.83. The Hall–Kier alpha value is -2.46. The van der Waals surface area contributed by atoms with Crippen LogP contribution in [0.15, 0.2) is 36.0 Å². The number of anilines is 1. The average Bonchev–Trinajstić information content (AvgIpc) is 3.43. The van der Waals surface area contributed by atoms with Crippen molar-refractivity contribution >= 4 is 34.5 Å². The first-order chi connectivity index (χ1) is 15.6. The lowest BCUT2D eigenvalue weighted by molar-refractivity contribution is -0.116. The summed E-state index contributed by atoms with van der Waals surface area (Å²) in [6, 6.07) is 5.60. The maximum atomic E-state index is 12.4. The molecule has 0 atom stereocenters. The smallest absolute Gasteiger partial charge is 0.224 e. The van der Waals surface area contributed by atoms with E-state index in [0.717, 1.165) is 49.1 Å². The number of amides is 1. The Morgan fingerprint density at radius 2 is 2.19 bits per heavy atom. The van der Waals surface area contributed by atoms with Crippen molar-refractivity contribution in [3.63, 3.8) is 0 Å². The number of hydrogen-bond donors (Lipinski definition) is 1. The van der Waals surface area contributed by atoms with E-state index in [4.69, 9.17) is 21.1 Å². The SMILES string of the molecule is Cn1ncc(Cl)c1-c1cc(NC(=O)CCc2nccs2)ccc1OCCN1CCOCC1. The van der Waals surface area contributed by atoms with E-state index in [1.807, 2.05) is 30.6 Å². The maximum Gasteiger partial charge on any atom is 0.224 e. The van der Waals surface area contributed by atoms with Gasteiger partial charge in [-0.25, -0.2) is 4.98 Å². The van der Waals surface area contributed by atoms with Crippen molar-refractivity contribution in [2.24, 2.45) is 7.05 Å². The lowest BCUT2D eigenvalue weighted by Gasteiger charge is -2.26. The number of thiazole rings is 1. The Morgan fingerprint density at radius 1 is 1.34 bits per heavy atom. The maximum absolute atomic E-state index is 12.4. The topological polar surface area (TPSA) is 81.5 Å². The Balaban J connectivity index is 1.46. The monoisotopic (exact) mass is 475 g/mol. The van der Waals surface area contributed by atoms with Crippen LogP contribution in [0.2, 0.25) is 5.02 Å². The predicted molar refractivity (Wildman–Crippen MR) is 125 cm³/mol. The molecule has 2 aromatic heterocycles. The molecule has 0 spiro atoms. The molecule has 0 unspecified atom stereocenters. The van der Waals surface area contributed by atoms with Crippen LogP contribution < -0.4 is 10.1 Å². The fourth-order valence-electron chi connectivity index (χ4n) is 3.56. The van der Waals surface area contributed by atoms with Gasteiger partial charge in [-0.1, -0.05) is 11.6 Å². The number of aryl methyl sites for hydroxylation is 2. The molecule has 1 aliphatic heterocycles. The zero-order chi connectivity index (χ0) is 22.3. The zero-order valence-electron chi connectivity index (χ0n) is 17.9. The predicted octanol–water partition coefficient (Wildman–Crippen LogP) is 3.48. The molecule has 1 saturated heterocycles. The summed E-state index contributed by atoms with van der Waals surface area (Å²) in [6.07, 6.45) is 4.34. The lowest BCUT2D eigenvalue weighted by atomic mass is 10.1. The van der Waals surface area contributed by atoms with Gasteiger partial charge in [0.15, 0.2) is 0 Å². The minimum absolute atomic E-state index is 0.0664. The molecule has 0 aliphatic carbocycles. The van der Waals surface area contributed by atoms with Gasteiger partial charge >= 0.3 is 0 Å². The van der Waals surface area contributed by atoms with Gasteiger partial charge < -0.3 is 14.8 Å². The number of halogens is 1. The molecule has 0 radical (unpaired) electrons. The van der Waals surface area contributed by atoms with Crippen LogP contribution in [0.1, 0.15) is 11.4 Å². The zero-order valence-corrected chi connectivity index (χ0v) is 19.5. The third-order valence-electron chi connectivity index (χ3n) is 5.23. The standard InChI is InChI=1S/C22H26ClN5O3S/c1-27-22(18(23)15-25-27)17-14-16(26-20(29)4-5-21-24-6-13-32-21)2-3-19(17)31-12-9-28-7-10-30-11-8-28/h2-3,6,13-15H,4-5,7-12H2,1H3,(H,26,29). The second-order valence-corrected chi connectivity index (χ2v) is 8.84. The second kappa shape index (κ2) is 10.9. The number of ether oxygens (including phenoxy) is 2. The lowest BCUT2D eigenvalue weighted by Crippen LogP contribution is -2.38. The highest BCUT2D eigenvalue weighted by Gasteiger charge is 2.17. The number of nitrogens with one attached hydrogen (secondary N) is 1. The molecular weight excluding hydrogens is 450 g/mol. The highest BCUT2D eigenvalue weighted by molar-refractivity contribution is 7.09. The number of aromatic nitrogens is 3. The van der Waals surface area contributed by atoms with Gasteiger partial charge in [-0.3, -0.25) is 14.4 Å². The summed E-state index contributed by atoms with van der Waals surface area (Å²) >= 11 is 7.97. The largest absolute Gasteiger partial charge is 0.492 e. The van der Waals surface area contributed by atoms with Crippen LogP contribution in [0.4, 0.5) is 5.69 Å². The highest BCUT2D eigenvalue weighted by Crippen LogP contribution is 2.36. The summed E-state index contributed by atoms with van der Waals surface area (Å²) in [4.78, 5) is 19.0. The number of benzene rings is 1. The van der Waals surface area contributed by atoms with Crippen LogP contribution in [-0.2, 0) is 23.0 Å². The Bertz CT molecular complexity index is 1010. The van der Waals surface area contributed by atoms with Crippen molar-refractivity contribution in [3.8, 4) is 17.0 Å². The van der Waals surface area contributed by atoms with Crippen molar-refractivity contribution in [1.29, 1.82) is 0 Å². The number of carbonyl (C=O) groups is 1. The van der Waals surface area contributed by atoms with Gasteiger partial charge in [-0.05, 0) is 18.2 Å². The molecule has 1 aliphatic rings. The second-order valence-electron chi connectivity index (χ2n) is 7.45. The normalized spacial score (nSPS) is 14.4. The molecule has 3 heterocycles. The van der Waals surface area contributed by atoms with Gasteiger partial charge in [0.2, 0.25) is 5.91 Å². The van der Waals surface area contributed by atoms with Gasteiger partial charge in [0.1, 0.15) is 12.4 Å². The minimum atomic E-state index is -0.0664. The van der Waals surface area contributed by atoms with Crippen LogP contribution in [-0.4, -0.2) is 65.0 Å². The molecule has 1 N–H and O–H groups in total. The summed E-state index contributed by atoms with van der Waals surface area (Å²) in [5.74, 6) is 0.632. The third kappa shape index (κ3) is 5.86. The Morgan fingerprint density at radius 3 is 2.91 bits per heavy atom. The number of rotatable bonds is 9. The molecule has 0 bridgehead atoms. The van der Waals surface area contributed by atoms with Crippen LogP contribution in [0.5, 0.6) is 5.75 Å². The van der Waals surface area contributed by atoms with Crippen molar-refractivity contribution in [2.45, 2.75) is 12.8 Å². The van der Waals surface area contributed by atoms with Crippen molar-refractivity contribution in [3.05, 3.63) is 46.0 Å². The summed E-state index contributed by atoms with van der Waals surface area (Å²) in [5.41, 5.74) is 2.21. The molecule has 3 aromatic rings. The molecule has 8 nitrogen and oxygen atoms in total. The molecular formula is C22H26ClN5O3S. The molecule has 1 aromatic carbocycles. The van der Waals surface area contributed by atoms with Crippen LogP contribution in [0, 0.1) is 0 Å². The molecule has 170 valence electrons. The summed E-state index contributed by atoms with van der Waals surface area (Å²) in [5, 5.41) is 10.6. The van der Waals surface area contributed by atoms with Crippen molar-refractivity contribution in [2.75, 3.05) is 44.8 Å². The Kier molecular flexibility index (Phi) is 7.75. The fraction of sp³-hybridized carbons (Fsp3) is 0.409. The van der Waals surface area contributed by atoms with E-state index in [9.17, 15) is 4.79 Å². The van der Waals surface area contributed by atoms with E-state index >= 15 is 0 Å². The minimum Gasteiger partial charge on any atom is -0.492 e. The van der Waals surface area contributed by atoms with Crippen LogP contribution in [0.3, 0.4) is 0 Å². The van der Waals surface area contributed by atoms with Gasteiger partial charge in [-0.2, -0.15) is 5.10 Å². The van der Waals surface area contributed by atoms with Crippen molar-refractivity contribution < 1.29 is 14.3 Å². The number of hydrogen-bond acceptors (Lipinski definition) is 7. The first-order valence-corrected chi connectivity index (χ1v) is 11.8. The first kappa shape index (κ1) is 22.7. The molecule has 0 saturated carbocycles. The molecule has 10 heteroatoms. The van der Waals surface area contributed by atoms with Gasteiger partial charge in [0.25, 0.3) is 0 Å². The van der Waals surface area contributed by atoms with E-state index in [2.05, 4.69) is 20.3 Å².